The number of aliphatic carboxylic acids is 1. The number of hydrogen-bond acceptors (Lipinski definition) is 3. The molecule has 0 spiro atoms. The summed E-state index contributed by atoms with van der Waals surface area (Å²) in [5.41, 5.74) is -0.342. The van der Waals surface area contributed by atoms with Crippen LogP contribution in [0.2, 0.25) is 0 Å². The monoisotopic (exact) mass is 327 g/mol. The van der Waals surface area contributed by atoms with Crippen molar-refractivity contribution < 1.29 is 19.4 Å². The molecule has 0 radical (unpaired) electrons. The van der Waals surface area contributed by atoms with E-state index in [1.807, 2.05) is 42.5 Å². The van der Waals surface area contributed by atoms with Crippen molar-refractivity contribution in [2.24, 2.45) is 0 Å². The number of nitrogens with zero attached hydrogens (tertiary/aromatic N) is 1. The first-order valence-electron chi connectivity index (χ1n) is 8.07. The predicted octanol–water partition coefficient (Wildman–Crippen LogP) is 2.47. The van der Waals surface area contributed by atoms with Gasteiger partial charge in [0.15, 0.2) is 5.54 Å². The molecule has 5 nitrogen and oxygen atoms in total. The first kappa shape index (κ1) is 16.5. The van der Waals surface area contributed by atoms with E-state index in [0.717, 1.165) is 16.3 Å². The smallest absolute Gasteiger partial charge is 0.332 e. The van der Waals surface area contributed by atoms with Crippen LogP contribution >= 0.6 is 0 Å². The number of hydrogen-bond donors (Lipinski definition) is 1. The van der Waals surface area contributed by atoms with Gasteiger partial charge in [0.2, 0.25) is 5.91 Å². The lowest BCUT2D eigenvalue weighted by molar-refractivity contribution is -0.160. The molecule has 1 aliphatic rings. The number of amides is 1. The van der Waals surface area contributed by atoms with Crippen LogP contribution in [0.3, 0.4) is 0 Å². The van der Waals surface area contributed by atoms with Gasteiger partial charge in [-0.3, -0.25) is 4.79 Å². The van der Waals surface area contributed by atoms with Crippen molar-refractivity contribution in [3.05, 3.63) is 48.0 Å². The van der Waals surface area contributed by atoms with Crippen LogP contribution in [0.15, 0.2) is 42.5 Å². The molecule has 1 aliphatic heterocycles. The van der Waals surface area contributed by atoms with Gasteiger partial charge in [0.25, 0.3) is 0 Å². The minimum Gasteiger partial charge on any atom is -0.479 e. The highest BCUT2D eigenvalue weighted by Gasteiger charge is 2.49. The molecule has 0 bridgehead atoms. The fourth-order valence-electron chi connectivity index (χ4n) is 3.53. The fourth-order valence-corrected chi connectivity index (χ4v) is 3.53. The lowest BCUT2D eigenvalue weighted by atomic mass is 9.96. The number of carbonyl (C=O) groups is 2. The molecule has 1 saturated heterocycles. The van der Waals surface area contributed by atoms with Crippen LogP contribution < -0.4 is 0 Å². The van der Waals surface area contributed by atoms with E-state index in [2.05, 4.69) is 0 Å². The molecule has 1 N–H and O–H groups in total. The Morgan fingerprint density at radius 1 is 1.21 bits per heavy atom. The quantitative estimate of drug-likeness (QED) is 0.916. The average Bonchev–Trinajstić information content (AvgIpc) is 3.00. The van der Waals surface area contributed by atoms with Gasteiger partial charge in [-0.05, 0) is 29.2 Å². The van der Waals surface area contributed by atoms with Gasteiger partial charge in [-0.1, -0.05) is 42.5 Å². The highest BCUT2D eigenvalue weighted by Crippen LogP contribution is 2.31. The van der Waals surface area contributed by atoms with Crippen LogP contribution in [0.4, 0.5) is 0 Å². The molecule has 126 valence electrons. The number of carbonyl (C=O) groups excluding carboxylic acids is 1. The molecule has 0 aliphatic carbocycles. The molecule has 5 heteroatoms. The molecule has 1 heterocycles. The lowest BCUT2D eigenvalue weighted by Crippen LogP contribution is -2.56. The highest BCUT2D eigenvalue weighted by atomic mass is 16.5. The van der Waals surface area contributed by atoms with E-state index in [-0.39, 0.29) is 18.9 Å². The number of fused-ring (bicyclic) bond motifs is 1. The molecule has 2 aromatic rings. The molecule has 0 aromatic heterocycles. The van der Waals surface area contributed by atoms with E-state index in [1.54, 1.807) is 0 Å². The van der Waals surface area contributed by atoms with Gasteiger partial charge in [-0.15, -0.1) is 0 Å². The van der Waals surface area contributed by atoms with E-state index in [4.69, 9.17) is 4.74 Å². The molecule has 24 heavy (non-hydrogen) atoms. The van der Waals surface area contributed by atoms with Gasteiger partial charge >= 0.3 is 5.97 Å². The summed E-state index contributed by atoms with van der Waals surface area (Å²) in [6, 6.07) is 13.9. The van der Waals surface area contributed by atoms with Crippen molar-refractivity contribution in [1.29, 1.82) is 0 Å². The lowest BCUT2D eigenvalue weighted by Gasteiger charge is -2.34. The number of likely N-dealkylation sites (tertiary alicyclic amines) is 1. The van der Waals surface area contributed by atoms with Crippen LogP contribution in [-0.2, 0) is 20.7 Å². The second-order valence-electron chi connectivity index (χ2n) is 6.28. The van der Waals surface area contributed by atoms with E-state index in [1.165, 1.54) is 12.0 Å². The van der Waals surface area contributed by atoms with E-state index in [9.17, 15) is 14.7 Å². The van der Waals surface area contributed by atoms with Gasteiger partial charge in [0.1, 0.15) is 0 Å². The Labute approximate surface area is 140 Å². The van der Waals surface area contributed by atoms with Crippen molar-refractivity contribution in [1.82, 2.24) is 4.90 Å². The Morgan fingerprint density at radius 3 is 2.67 bits per heavy atom. The fraction of sp³-hybridized carbons (Fsp3) is 0.368. The number of carboxylic acid groups (broad SMARTS) is 1. The van der Waals surface area contributed by atoms with Crippen LogP contribution in [0.5, 0.6) is 0 Å². The summed E-state index contributed by atoms with van der Waals surface area (Å²) < 4.78 is 5.10. The Bertz CT molecular complexity index is 773. The second kappa shape index (κ2) is 6.61. The summed E-state index contributed by atoms with van der Waals surface area (Å²) in [7, 11) is 1.47. The summed E-state index contributed by atoms with van der Waals surface area (Å²) in [5.74, 6) is -1.16. The molecule has 0 saturated carbocycles. The zero-order chi connectivity index (χ0) is 17.2. The largest absolute Gasteiger partial charge is 0.479 e. The molecule has 1 amide bonds. The first-order valence-corrected chi connectivity index (χ1v) is 8.07. The van der Waals surface area contributed by atoms with Crippen LogP contribution in [0, 0.1) is 0 Å². The first-order chi connectivity index (χ1) is 11.6. The van der Waals surface area contributed by atoms with E-state index < -0.39 is 11.5 Å². The van der Waals surface area contributed by atoms with Crippen LogP contribution in [0.1, 0.15) is 18.4 Å². The molecule has 1 atom stereocenters. The third-order valence-electron chi connectivity index (χ3n) is 4.74. The summed E-state index contributed by atoms with van der Waals surface area (Å²) in [6.45, 7) is 0.480. The third kappa shape index (κ3) is 2.87. The number of ether oxygens (including phenoxy) is 1. The highest BCUT2D eigenvalue weighted by molar-refractivity contribution is 5.90. The molecule has 2 aromatic carbocycles. The third-order valence-corrected chi connectivity index (χ3v) is 4.74. The van der Waals surface area contributed by atoms with Gasteiger partial charge in [-0.25, -0.2) is 4.79 Å². The van der Waals surface area contributed by atoms with Gasteiger partial charge in [-0.2, -0.15) is 0 Å². The second-order valence-corrected chi connectivity index (χ2v) is 6.28. The van der Waals surface area contributed by atoms with Crippen molar-refractivity contribution in [3.63, 3.8) is 0 Å². The zero-order valence-electron chi connectivity index (χ0n) is 13.7. The normalized spacial score (nSPS) is 20.5. The Kier molecular flexibility index (Phi) is 4.53. The summed E-state index contributed by atoms with van der Waals surface area (Å²) >= 11 is 0. The maximum absolute atomic E-state index is 12.8. The SMILES string of the molecule is COCC1(C(=O)O)CCCN1C(=O)Cc1ccc2ccccc2c1. The topological polar surface area (TPSA) is 66.8 Å². The minimum atomic E-state index is -1.23. The van der Waals surface area contributed by atoms with Gasteiger partial charge in [0, 0.05) is 13.7 Å². The summed E-state index contributed by atoms with van der Waals surface area (Å²) in [5, 5.41) is 11.8. The van der Waals surface area contributed by atoms with Crippen molar-refractivity contribution in [2.75, 3.05) is 20.3 Å². The van der Waals surface area contributed by atoms with Crippen molar-refractivity contribution in [3.8, 4) is 0 Å². The number of rotatable bonds is 5. The predicted molar refractivity (Wildman–Crippen MR) is 90.8 cm³/mol. The maximum atomic E-state index is 12.8. The minimum absolute atomic E-state index is 0.0196. The summed E-state index contributed by atoms with van der Waals surface area (Å²) in [6.07, 6.45) is 1.31. The number of benzene rings is 2. The van der Waals surface area contributed by atoms with Crippen molar-refractivity contribution in [2.45, 2.75) is 24.8 Å². The zero-order valence-corrected chi connectivity index (χ0v) is 13.7. The summed E-state index contributed by atoms with van der Waals surface area (Å²) in [4.78, 5) is 26.0. The Balaban J connectivity index is 1.83. The maximum Gasteiger partial charge on any atom is 0.332 e. The number of methoxy groups -OCH3 is 1. The Morgan fingerprint density at radius 2 is 1.96 bits per heavy atom. The molecule has 1 unspecified atom stereocenters. The Hall–Kier alpha value is -2.40. The molecular weight excluding hydrogens is 306 g/mol. The van der Waals surface area contributed by atoms with Gasteiger partial charge < -0.3 is 14.7 Å². The number of carboxylic acids is 1. The average molecular weight is 327 g/mol. The van der Waals surface area contributed by atoms with Crippen LogP contribution in [0.25, 0.3) is 10.8 Å². The van der Waals surface area contributed by atoms with Gasteiger partial charge in [0.05, 0.1) is 13.0 Å². The van der Waals surface area contributed by atoms with Crippen LogP contribution in [-0.4, -0.2) is 47.7 Å². The molecule has 3 rings (SSSR count). The van der Waals surface area contributed by atoms with Crippen molar-refractivity contribution >= 4 is 22.6 Å². The van der Waals surface area contributed by atoms with E-state index in [0.29, 0.717) is 19.4 Å². The molecule has 1 fully saturated rings. The molecular formula is C19H21NO4. The van der Waals surface area contributed by atoms with E-state index >= 15 is 0 Å². The standard InChI is InChI=1S/C19H21NO4/c1-24-13-19(18(22)23)9-4-10-20(19)17(21)12-14-7-8-15-5-2-3-6-16(15)11-14/h2-3,5-8,11H,4,9-10,12-13H2,1H3,(H,22,23).